The number of nitrogens with one attached hydrogen (secondary N) is 1. The Labute approximate surface area is 136 Å². The summed E-state index contributed by atoms with van der Waals surface area (Å²) in [6.07, 6.45) is 0.566. The highest BCUT2D eigenvalue weighted by Crippen LogP contribution is 2.33. The van der Waals surface area contributed by atoms with Crippen LogP contribution >= 0.6 is 0 Å². The Kier molecular flexibility index (Phi) is 5.37. The van der Waals surface area contributed by atoms with Crippen LogP contribution in [0.3, 0.4) is 0 Å². The molecule has 0 unspecified atom stereocenters. The van der Waals surface area contributed by atoms with Crippen molar-refractivity contribution in [2.45, 2.75) is 6.42 Å². The summed E-state index contributed by atoms with van der Waals surface area (Å²) in [5, 5.41) is 0. The molecule has 0 aliphatic carbocycles. The highest BCUT2D eigenvalue weighted by atomic mass is 32.2. The quantitative estimate of drug-likeness (QED) is 0.761. The topological polar surface area (TPSA) is 102 Å². The molecule has 0 radical (unpaired) electrons. The lowest BCUT2D eigenvalue weighted by atomic mass is 10.2. The Hall–Kier alpha value is -1.52. The molecule has 0 bridgehead atoms. The lowest BCUT2D eigenvalue weighted by molar-refractivity contribution is 0.217. The fourth-order valence-electron chi connectivity index (χ4n) is 2.26. The van der Waals surface area contributed by atoms with E-state index in [0.717, 1.165) is 0 Å². The van der Waals surface area contributed by atoms with E-state index in [1.54, 1.807) is 6.07 Å². The molecule has 8 nitrogen and oxygen atoms in total. The standard InChI is InChI=1S/C13H20N2O6S2/c1-20-7-9-22(16,17)14-12-5-4-11(10-13(12)21-2)15-6-3-8-23(15,18)19/h4-5,10,14H,3,6-9H2,1-2H3. The lowest BCUT2D eigenvalue weighted by Crippen LogP contribution is -2.25. The van der Waals surface area contributed by atoms with E-state index in [9.17, 15) is 16.8 Å². The fraction of sp³-hybridized carbons (Fsp3) is 0.538. The summed E-state index contributed by atoms with van der Waals surface area (Å²) in [7, 11) is -4.06. The molecule has 1 fully saturated rings. The number of hydrogen-bond donors (Lipinski definition) is 1. The minimum absolute atomic E-state index is 0.0712. The van der Waals surface area contributed by atoms with Crippen LogP contribution in [0.25, 0.3) is 0 Å². The number of ether oxygens (including phenoxy) is 2. The van der Waals surface area contributed by atoms with E-state index >= 15 is 0 Å². The maximum atomic E-state index is 12.0. The van der Waals surface area contributed by atoms with E-state index in [1.807, 2.05) is 0 Å². The van der Waals surface area contributed by atoms with Gasteiger partial charge in [-0.05, 0) is 18.6 Å². The smallest absolute Gasteiger partial charge is 0.235 e. The van der Waals surface area contributed by atoms with Crippen molar-refractivity contribution in [3.05, 3.63) is 18.2 Å². The summed E-state index contributed by atoms with van der Waals surface area (Å²) in [5.74, 6) is 0.181. The predicted octanol–water partition coefficient (Wildman–Crippen LogP) is 0.623. The number of methoxy groups -OCH3 is 2. The van der Waals surface area contributed by atoms with Gasteiger partial charge in [0.2, 0.25) is 20.0 Å². The van der Waals surface area contributed by atoms with Crippen molar-refractivity contribution < 1.29 is 26.3 Å². The summed E-state index contributed by atoms with van der Waals surface area (Å²) < 4.78 is 61.4. The molecule has 23 heavy (non-hydrogen) atoms. The molecule has 1 aliphatic heterocycles. The van der Waals surface area contributed by atoms with Crippen molar-refractivity contribution in [2.24, 2.45) is 0 Å². The zero-order valence-corrected chi connectivity index (χ0v) is 14.6. The Morgan fingerprint density at radius 1 is 1.30 bits per heavy atom. The number of anilines is 2. The van der Waals surface area contributed by atoms with Crippen LogP contribution in [-0.4, -0.2) is 55.7 Å². The van der Waals surface area contributed by atoms with Gasteiger partial charge in [-0.25, -0.2) is 16.8 Å². The average Bonchev–Trinajstić information content (AvgIpc) is 2.85. The molecule has 0 atom stereocenters. The van der Waals surface area contributed by atoms with E-state index in [0.29, 0.717) is 18.7 Å². The summed E-state index contributed by atoms with van der Waals surface area (Å²) >= 11 is 0. The number of benzene rings is 1. The second-order valence-electron chi connectivity index (χ2n) is 5.04. The fourth-order valence-corrected chi connectivity index (χ4v) is 4.81. The minimum Gasteiger partial charge on any atom is -0.494 e. The van der Waals surface area contributed by atoms with Gasteiger partial charge in [-0.1, -0.05) is 0 Å². The Balaban J connectivity index is 2.27. The molecule has 0 saturated carbocycles. The van der Waals surface area contributed by atoms with Gasteiger partial charge in [0, 0.05) is 19.7 Å². The maximum absolute atomic E-state index is 12.0. The summed E-state index contributed by atoms with van der Waals surface area (Å²) in [6, 6.07) is 4.56. The van der Waals surface area contributed by atoms with Crippen LogP contribution in [0, 0.1) is 0 Å². The monoisotopic (exact) mass is 364 g/mol. The van der Waals surface area contributed by atoms with Gasteiger partial charge in [-0.15, -0.1) is 0 Å². The van der Waals surface area contributed by atoms with Gasteiger partial charge >= 0.3 is 0 Å². The van der Waals surface area contributed by atoms with E-state index in [1.165, 1.54) is 30.7 Å². The first-order valence-electron chi connectivity index (χ1n) is 6.97. The molecule has 1 saturated heterocycles. The predicted molar refractivity (Wildman–Crippen MR) is 88.0 cm³/mol. The molecule has 10 heteroatoms. The molecule has 1 heterocycles. The lowest BCUT2D eigenvalue weighted by Gasteiger charge is -2.19. The highest BCUT2D eigenvalue weighted by molar-refractivity contribution is 7.93. The van der Waals surface area contributed by atoms with Crippen LogP contribution in [0.4, 0.5) is 11.4 Å². The van der Waals surface area contributed by atoms with Gasteiger partial charge in [-0.2, -0.15) is 0 Å². The number of rotatable bonds is 7. The van der Waals surface area contributed by atoms with Crippen LogP contribution < -0.4 is 13.8 Å². The molecule has 1 aliphatic rings. The van der Waals surface area contributed by atoms with Crippen molar-refractivity contribution >= 4 is 31.4 Å². The minimum atomic E-state index is -3.57. The molecule has 2 rings (SSSR count). The van der Waals surface area contributed by atoms with E-state index < -0.39 is 20.0 Å². The second kappa shape index (κ2) is 6.93. The van der Waals surface area contributed by atoms with E-state index in [-0.39, 0.29) is 29.5 Å². The molecule has 1 N–H and O–H groups in total. The van der Waals surface area contributed by atoms with Gasteiger partial charge in [-0.3, -0.25) is 9.03 Å². The molecule has 1 aromatic rings. The van der Waals surface area contributed by atoms with Crippen molar-refractivity contribution in [3.63, 3.8) is 0 Å². The number of sulfonamides is 2. The van der Waals surface area contributed by atoms with Crippen LogP contribution in [0.1, 0.15) is 6.42 Å². The SMILES string of the molecule is COCCS(=O)(=O)Nc1ccc(N2CCCS2(=O)=O)cc1OC. The average molecular weight is 364 g/mol. The van der Waals surface area contributed by atoms with Crippen LogP contribution in [-0.2, 0) is 24.8 Å². The molecule has 0 spiro atoms. The maximum Gasteiger partial charge on any atom is 0.235 e. The van der Waals surface area contributed by atoms with Crippen molar-refractivity contribution in [1.29, 1.82) is 0 Å². The van der Waals surface area contributed by atoms with Gasteiger partial charge in [0.05, 0.1) is 36.6 Å². The summed E-state index contributed by atoms with van der Waals surface area (Å²) in [6.45, 7) is 0.478. The molecule has 130 valence electrons. The molecule has 0 aromatic heterocycles. The van der Waals surface area contributed by atoms with Crippen molar-refractivity contribution in [3.8, 4) is 5.75 Å². The Bertz CT molecular complexity index is 761. The van der Waals surface area contributed by atoms with Gasteiger partial charge < -0.3 is 9.47 Å². The van der Waals surface area contributed by atoms with E-state index in [4.69, 9.17) is 9.47 Å². The zero-order valence-electron chi connectivity index (χ0n) is 13.0. The second-order valence-corrected chi connectivity index (χ2v) is 8.89. The molecule has 1 aromatic carbocycles. The van der Waals surface area contributed by atoms with Gasteiger partial charge in [0.25, 0.3) is 0 Å². The highest BCUT2D eigenvalue weighted by Gasteiger charge is 2.29. The third kappa shape index (κ3) is 4.27. The normalized spacial score (nSPS) is 17.2. The van der Waals surface area contributed by atoms with Crippen LogP contribution in [0.15, 0.2) is 18.2 Å². The molecular weight excluding hydrogens is 344 g/mol. The van der Waals surface area contributed by atoms with Crippen LogP contribution in [0.2, 0.25) is 0 Å². The van der Waals surface area contributed by atoms with Crippen LogP contribution in [0.5, 0.6) is 5.75 Å². The largest absolute Gasteiger partial charge is 0.494 e. The third-order valence-corrected chi connectivity index (χ3v) is 6.50. The number of nitrogens with zero attached hydrogens (tertiary/aromatic N) is 1. The van der Waals surface area contributed by atoms with Crippen molar-refractivity contribution in [1.82, 2.24) is 0 Å². The summed E-state index contributed by atoms with van der Waals surface area (Å²) in [4.78, 5) is 0. The number of hydrogen-bond acceptors (Lipinski definition) is 6. The Morgan fingerprint density at radius 3 is 2.61 bits per heavy atom. The summed E-state index contributed by atoms with van der Waals surface area (Å²) in [5.41, 5.74) is 0.711. The first-order valence-corrected chi connectivity index (χ1v) is 10.2. The first kappa shape index (κ1) is 17.8. The van der Waals surface area contributed by atoms with E-state index in [2.05, 4.69) is 4.72 Å². The third-order valence-electron chi connectivity index (χ3n) is 3.39. The van der Waals surface area contributed by atoms with Gasteiger partial charge in [0.15, 0.2) is 0 Å². The Morgan fingerprint density at radius 2 is 2.04 bits per heavy atom. The zero-order chi connectivity index (χ0) is 17.1. The van der Waals surface area contributed by atoms with Crippen molar-refractivity contribution in [2.75, 3.05) is 47.9 Å². The van der Waals surface area contributed by atoms with Gasteiger partial charge in [0.1, 0.15) is 5.75 Å². The first-order chi connectivity index (χ1) is 10.8. The molecular formula is C13H20N2O6S2. The molecule has 0 amide bonds.